The van der Waals surface area contributed by atoms with Gasteiger partial charge in [0.2, 0.25) is 0 Å². The summed E-state index contributed by atoms with van der Waals surface area (Å²) in [6.45, 7) is 0. The summed E-state index contributed by atoms with van der Waals surface area (Å²) in [5.74, 6) is -0.830. The molecule has 0 aliphatic carbocycles. The van der Waals surface area contributed by atoms with Gasteiger partial charge in [0.15, 0.2) is 0 Å². The Kier molecular flexibility index (Phi) is 2.49. The molecule has 1 aromatic carbocycles. The summed E-state index contributed by atoms with van der Waals surface area (Å²) in [6, 6.07) is 4.80. The number of halogens is 1. The first-order valence-electron chi connectivity index (χ1n) is 4.27. The molecule has 1 heterocycles. The predicted molar refractivity (Wildman–Crippen MR) is 57.7 cm³/mol. The van der Waals surface area contributed by atoms with Crippen LogP contribution in [0.15, 0.2) is 22.7 Å². The number of primary amides is 1. The second-order valence-electron chi connectivity index (χ2n) is 3.03. The zero-order valence-electron chi connectivity index (χ0n) is 7.98. The minimum absolute atomic E-state index is 0.124. The van der Waals surface area contributed by atoms with Gasteiger partial charge in [-0.25, -0.2) is 0 Å². The average Bonchev–Trinajstić information content (AvgIpc) is 2.66. The molecule has 0 bridgehead atoms. The van der Waals surface area contributed by atoms with Crippen LogP contribution in [0.25, 0.3) is 11.5 Å². The van der Waals surface area contributed by atoms with Crippen LogP contribution in [0.5, 0.6) is 0 Å². The van der Waals surface area contributed by atoms with Crippen LogP contribution in [0, 0.1) is 0 Å². The van der Waals surface area contributed by atoms with E-state index in [0.717, 1.165) is 0 Å². The van der Waals surface area contributed by atoms with E-state index in [1.54, 1.807) is 18.2 Å². The molecular weight excluding hydrogens is 232 g/mol. The van der Waals surface area contributed by atoms with Crippen LogP contribution in [0.3, 0.4) is 0 Å². The van der Waals surface area contributed by atoms with Crippen LogP contribution in [0.1, 0.15) is 10.6 Å². The largest absolute Gasteiger partial charge is 0.399 e. The Morgan fingerprint density at radius 2 is 2.19 bits per heavy atom. The number of hydrogen-bond acceptors (Lipinski definition) is 5. The van der Waals surface area contributed by atoms with Gasteiger partial charge in [0, 0.05) is 5.69 Å². The topological polar surface area (TPSA) is 108 Å². The molecule has 2 rings (SSSR count). The van der Waals surface area contributed by atoms with Crippen molar-refractivity contribution in [3.63, 3.8) is 0 Å². The van der Waals surface area contributed by atoms with Crippen molar-refractivity contribution in [3.05, 3.63) is 29.0 Å². The summed E-state index contributed by atoms with van der Waals surface area (Å²) in [6.07, 6.45) is 0. The normalized spacial score (nSPS) is 10.3. The van der Waals surface area contributed by atoms with Crippen molar-refractivity contribution < 1.29 is 9.32 Å². The summed E-state index contributed by atoms with van der Waals surface area (Å²) < 4.78 is 4.85. The van der Waals surface area contributed by atoms with Gasteiger partial charge in [0.25, 0.3) is 17.6 Å². The van der Waals surface area contributed by atoms with Gasteiger partial charge in [-0.15, -0.1) is 0 Å². The lowest BCUT2D eigenvalue weighted by atomic mass is 10.2. The lowest BCUT2D eigenvalue weighted by Gasteiger charge is -1.99. The number of carbonyl (C=O) groups excluding carboxylic acids is 1. The van der Waals surface area contributed by atoms with E-state index in [4.69, 9.17) is 27.6 Å². The van der Waals surface area contributed by atoms with Crippen molar-refractivity contribution >= 4 is 23.2 Å². The van der Waals surface area contributed by atoms with Crippen LogP contribution in [0.2, 0.25) is 5.02 Å². The fourth-order valence-corrected chi connectivity index (χ4v) is 1.41. The van der Waals surface area contributed by atoms with Crippen LogP contribution in [-0.4, -0.2) is 16.0 Å². The van der Waals surface area contributed by atoms with E-state index in [1.165, 1.54) is 0 Å². The highest BCUT2D eigenvalue weighted by atomic mass is 35.5. The van der Waals surface area contributed by atoms with Gasteiger partial charge in [-0.2, -0.15) is 4.98 Å². The molecule has 0 unspecified atom stereocenters. The van der Waals surface area contributed by atoms with Gasteiger partial charge in [0.05, 0.1) is 10.6 Å². The molecule has 2 aromatic rings. The van der Waals surface area contributed by atoms with Crippen molar-refractivity contribution in [1.29, 1.82) is 0 Å². The highest BCUT2D eigenvalue weighted by Gasteiger charge is 2.14. The SMILES string of the molecule is NC(=O)c1noc(-c2ccc(N)cc2Cl)n1. The van der Waals surface area contributed by atoms with Gasteiger partial charge in [0.1, 0.15) is 0 Å². The fraction of sp³-hybridized carbons (Fsp3) is 0. The number of benzene rings is 1. The molecule has 0 radical (unpaired) electrons. The molecule has 0 aliphatic rings. The number of aromatic nitrogens is 2. The first-order chi connectivity index (χ1) is 7.58. The van der Waals surface area contributed by atoms with Gasteiger partial charge >= 0.3 is 0 Å². The van der Waals surface area contributed by atoms with Crippen molar-refractivity contribution in [1.82, 2.24) is 10.1 Å². The monoisotopic (exact) mass is 238 g/mol. The smallest absolute Gasteiger partial charge is 0.290 e. The molecule has 1 amide bonds. The maximum atomic E-state index is 10.8. The molecule has 0 fully saturated rings. The number of nitrogens with zero attached hydrogens (tertiary/aromatic N) is 2. The van der Waals surface area contributed by atoms with Crippen molar-refractivity contribution in [2.75, 3.05) is 5.73 Å². The second kappa shape index (κ2) is 3.82. The Bertz CT molecular complexity index is 552. The second-order valence-corrected chi connectivity index (χ2v) is 3.43. The summed E-state index contributed by atoms with van der Waals surface area (Å²) in [7, 11) is 0. The lowest BCUT2D eigenvalue weighted by molar-refractivity contribution is 0.0987. The number of anilines is 1. The molecule has 0 spiro atoms. The predicted octanol–water partition coefficient (Wildman–Crippen LogP) is 1.07. The molecule has 0 saturated carbocycles. The number of rotatable bonds is 2. The van der Waals surface area contributed by atoms with Crippen molar-refractivity contribution in [2.24, 2.45) is 5.73 Å². The lowest BCUT2D eigenvalue weighted by Crippen LogP contribution is -2.12. The summed E-state index contributed by atoms with van der Waals surface area (Å²) >= 11 is 5.93. The molecule has 6 nitrogen and oxygen atoms in total. The van der Waals surface area contributed by atoms with Crippen LogP contribution in [0.4, 0.5) is 5.69 Å². The third-order valence-corrected chi connectivity index (χ3v) is 2.18. The Morgan fingerprint density at radius 1 is 1.44 bits per heavy atom. The number of nitrogen functional groups attached to an aromatic ring is 1. The van der Waals surface area contributed by atoms with Gasteiger partial charge < -0.3 is 16.0 Å². The Hall–Kier alpha value is -2.08. The van der Waals surface area contributed by atoms with E-state index in [2.05, 4.69) is 10.1 Å². The van der Waals surface area contributed by atoms with E-state index in [-0.39, 0.29) is 11.7 Å². The highest BCUT2D eigenvalue weighted by molar-refractivity contribution is 6.33. The fourth-order valence-electron chi connectivity index (χ4n) is 1.14. The van der Waals surface area contributed by atoms with E-state index < -0.39 is 5.91 Å². The first kappa shape index (κ1) is 10.4. The summed E-state index contributed by atoms with van der Waals surface area (Å²) in [4.78, 5) is 14.6. The minimum Gasteiger partial charge on any atom is -0.399 e. The first-order valence-corrected chi connectivity index (χ1v) is 4.64. The van der Waals surface area contributed by atoms with Gasteiger partial charge in [-0.1, -0.05) is 16.8 Å². The summed E-state index contributed by atoms with van der Waals surface area (Å²) in [5.41, 5.74) is 11.5. The Balaban J connectivity index is 2.46. The zero-order chi connectivity index (χ0) is 11.7. The maximum absolute atomic E-state index is 10.8. The average molecular weight is 239 g/mol. The van der Waals surface area contributed by atoms with Crippen molar-refractivity contribution in [2.45, 2.75) is 0 Å². The third kappa shape index (κ3) is 1.82. The number of hydrogen-bond donors (Lipinski definition) is 2. The Morgan fingerprint density at radius 3 is 2.75 bits per heavy atom. The van der Waals surface area contributed by atoms with E-state index >= 15 is 0 Å². The van der Waals surface area contributed by atoms with Gasteiger partial charge in [-0.3, -0.25) is 4.79 Å². The van der Waals surface area contributed by atoms with Crippen LogP contribution >= 0.6 is 11.6 Å². The molecule has 1 aromatic heterocycles. The molecule has 4 N–H and O–H groups in total. The quantitative estimate of drug-likeness (QED) is 0.761. The summed E-state index contributed by atoms with van der Waals surface area (Å²) in [5, 5.41) is 3.77. The molecule has 0 saturated heterocycles. The molecule has 0 aliphatic heterocycles. The third-order valence-electron chi connectivity index (χ3n) is 1.87. The van der Waals surface area contributed by atoms with E-state index in [9.17, 15) is 4.79 Å². The van der Waals surface area contributed by atoms with Gasteiger partial charge in [-0.05, 0) is 18.2 Å². The van der Waals surface area contributed by atoms with Crippen LogP contribution in [-0.2, 0) is 0 Å². The molecule has 7 heteroatoms. The Labute approximate surface area is 95.2 Å². The zero-order valence-corrected chi connectivity index (χ0v) is 8.73. The highest BCUT2D eigenvalue weighted by Crippen LogP contribution is 2.28. The minimum atomic E-state index is -0.762. The van der Waals surface area contributed by atoms with E-state index in [1.807, 2.05) is 0 Å². The number of carbonyl (C=O) groups is 1. The number of nitrogens with two attached hydrogens (primary N) is 2. The van der Waals surface area contributed by atoms with E-state index in [0.29, 0.717) is 16.3 Å². The number of amides is 1. The maximum Gasteiger partial charge on any atom is 0.290 e. The standard InChI is InChI=1S/C9H7ClN4O2/c10-6-3-4(11)1-2-5(6)9-13-8(7(12)15)14-16-9/h1-3H,11H2,(H2,12,15). The van der Waals surface area contributed by atoms with Crippen LogP contribution < -0.4 is 11.5 Å². The molecule has 82 valence electrons. The molecule has 16 heavy (non-hydrogen) atoms. The molecule has 0 atom stereocenters. The molecular formula is C9H7ClN4O2. The van der Waals surface area contributed by atoms with Crippen molar-refractivity contribution in [3.8, 4) is 11.5 Å².